The van der Waals surface area contributed by atoms with Gasteiger partial charge in [0.15, 0.2) is 0 Å². The van der Waals surface area contributed by atoms with Crippen molar-refractivity contribution in [3.63, 3.8) is 0 Å². The molecular formula is C9H13ClN2. The molecule has 0 aliphatic rings. The summed E-state index contributed by atoms with van der Waals surface area (Å²) >= 11 is 5.91. The highest BCUT2D eigenvalue weighted by Gasteiger charge is 2.10. The number of halogens is 1. The van der Waals surface area contributed by atoms with Crippen LogP contribution in [0.15, 0.2) is 6.20 Å². The molecule has 0 spiro atoms. The van der Waals surface area contributed by atoms with E-state index in [0.29, 0.717) is 16.8 Å². The molecular weight excluding hydrogens is 172 g/mol. The predicted octanol–water partition coefficient (Wildman–Crippen LogP) is 2.75. The molecule has 1 rings (SSSR count). The molecule has 0 fully saturated rings. The van der Waals surface area contributed by atoms with Gasteiger partial charge in [-0.15, -0.1) is 0 Å². The van der Waals surface area contributed by atoms with Crippen LogP contribution in [0.25, 0.3) is 0 Å². The van der Waals surface area contributed by atoms with E-state index in [9.17, 15) is 0 Å². The van der Waals surface area contributed by atoms with Gasteiger partial charge in [0.05, 0.1) is 5.02 Å². The number of anilines is 1. The fourth-order valence-electron chi connectivity index (χ4n) is 1.34. The Morgan fingerprint density at radius 1 is 1.50 bits per heavy atom. The Labute approximate surface area is 77.8 Å². The lowest BCUT2D eigenvalue weighted by Crippen LogP contribution is -2.02. The largest absolute Gasteiger partial charge is 0.383 e. The molecule has 3 heteroatoms. The topological polar surface area (TPSA) is 38.9 Å². The second-order valence-electron chi connectivity index (χ2n) is 3.18. The number of aromatic nitrogens is 1. The average molecular weight is 185 g/mol. The normalized spacial score (nSPS) is 10.8. The van der Waals surface area contributed by atoms with Gasteiger partial charge in [0.1, 0.15) is 5.82 Å². The first-order valence-corrected chi connectivity index (χ1v) is 4.32. The number of nitrogens with two attached hydrogens (primary N) is 1. The van der Waals surface area contributed by atoms with Crippen LogP contribution < -0.4 is 5.73 Å². The van der Waals surface area contributed by atoms with Gasteiger partial charge in [-0.1, -0.05) is 25.4 Å². The molecule has 0 saturated heterocycles. The molecule has 0 aliphatic heterocycles. The van der Waals surface area contributed by atoms with E-state index in [0.717, 1.165) is 11.1 Å². The molecule has 1 aromatic rings. The monoisotopic (exact) mass is 184 g/mol. The molecule has 2 N–H and O–H groups in total. The molecule has 1 heterocycles. The van der Waals surface area contributed by atoms with Crippen LogP contribution in [0.1, 0.15) is 30.9 Å². The molecule has 0 radical (unpaired) electrons. The highest BCUT2D eigenvalue weighted by Crippen LogP contribution is 2.28. The van der Waals surface area contributed by atoms with Gasteiger partial charge in [0.25, 0.3) is 0 Å². The van der Waals surface area contributed by atoms with Gasteiger partial charge < -0.3 is 5.73 Å². The van der Waals surface area contributed by atoms with Crippen LogP contribution in [0.3, 0.4) is 0 Å². The molecule has 0 aliphatic carbocycles. The second kappa shape index (κ2) is 3.31. The van der Waals surface area contributed by atoms with Crippen molar-refractivity contribution < 1.29 is 0 Å². The molecule has 2 nitrogen and oxygen atoms in total. The van der Waals surface area contributed by atoms with Gasteiger partial charge in [0.2, 0.25) is 0 Å². The van der Waals surface area contributed by atoms with E-state index in [4.69, 9.17) is 17.3 Å². The molecule has 66 valence electrons. The Kier molecular flexibility index (Phi) is 2.58. The van der Waals surface area contributed by atoms with Gasteiger partial charge >= 0.3 is 0 Å². The van der Waals surface area contributed by atoms with Crippen molar-refractivity contribution in [3.8, 4) is 0 Å². The van der Waals surface area contributed by atoms with Crippen LogP contribution in [0.4, 0.5) is 5.82 Å². The lowest BCUT2D eigenvalue weighted by molar-refractivity contribution is 0.852. The zero-order valence-electron chi connectivity index (χ0n) is 7.56. The summed E-state index contributed by atoms with van der Waals surface area (Å²) in [5, 5.41) is 0.688. The number of hydrogen-bond acceptors (Lipinski definition) is 2. The maximum Gasteiger partial charge on any atom is 0.127 e. The lowest BCUT2D eigenvalue weighted by atomic mass is 9.99. The molecule has 0 saturated carbocycles. The summed E-state index contributed by atoms with van der Waals surface area (Å²) in [6.07, 6.45) is 1.60. The van der Waals surface area contributed by atoms with Crippen LogP contribution in [0.2, 0.25) is 5.02 Å². The van der Waals surface area contributed by atoms with E-state index in [2.05, 4.69) is 18.8 Å². The Morgan fingerprint density at radius 3 is 2.50 bits per heavy atom. The van der Waals surface area contributed by atoms with Crippen LogP contribution in [-0.2, 0) is 0 Å². The van der Waals surface area contributed by atoms with Gasteiger partial charge in [0, 0.05) is 11.8 Å². The molecule has 0 atom stereocenters. The Morgan fingerprint density at radius 2 is 2.08 bits per heavy atom. The third-order valence-corrected chi connectivity index (χ3v) is 2.31. The number of pyridine rings is 1. The van der Waals surface area contributed by atoms with Crippen LogP contribution in [-0.4, -0.2) is 4.98 Å². The van der Waals surface area contributed by atoms with Crippen molar-refractivity contribution in [1.82, 2.24) is 4.98 Å². The van der Waals surface area contributed by atoms with Crippen molar-refractivity contribution in [2.75, 3.05) is 5.73 Å². The van der Waals surface area contributed by atoms with Crippen molar-refractivity contribution >= 4 is 17.4 Å². The number of nitrogen functional groups attached to an aromatic ring is 1. The highest BCUT2D eigenvalue weighted by molar-refractivity contribution is 6.31. The number of rotatable bonds is 1. The smallest absolute Gasteiger partial charge is 0.127 e. The van der Waals surface area contributed by atoms with E-state index >= 15 is 0 Å². The van der Waals surface area contributed by atoms with E-state index in [-0.39, 0.29) is 0 Å². The zero-order chi connectivity index (χ0) is 9.30. The highest BCUT2D eigenvalue weighted by atomic mass is 35.5. The number of nitrogens with zero attached hydrogens (tertiary/aromatic N) is 1. The van der Waals surface area contributed by atoms with Crippen LogP contribution >= 0.6 is 11.6 Å². The molecule has 0 aromatic carbocycles. The second-order valence-corrected chi connectivity index (χ2v) is 3.59. The summed E-state index contributed by atoms with van der Waals surface area (Å²) in [6.45, 7) is 6.13. The van der Waals surface area contributed by atoms with Crippen molar-refractivity contribution in [1.29, 1.82) is 0 Å². The summed E-state index contributed by atoms with van der Waals surface area (Å²) in [5.41, 5.74) is 7.82. The fourth-order valence-corrected chi connectivity index (χ4v) is 1.49. The predicted molar refractivity (Wildman–Crippen MR) is 52.5 cm³/mol. The summed E-state index contributed by atoms with van der Waals surface area (Å²) in [7, 11) is 0. The average Bonchev–Trinajstić information content (AvgIpc) is 1.97. The van der Waals surface area contributed by atoms with E-state index in [1.54, 1.807) is 6.20 Å². The maximum absolute atomic E-state index is 5.91. The summed E-state index contributed by atoms with van der Waals surface area (Å²) in [6, 6.07) is 0. The van der Waals surface area contributed by atoms with Crippen molar-refractivity contribution in [2.45, 2.75) is 26.7 Å². The Hall–Kier alpha value is -0.760. The molecule has 0 amide bonds. The molecule has 0 bridgehead atoms. The summed E-state index contributed by atoms with van der Waals surface area (Å²) in [5.74, 6) is 0.961. The first-order chi connectivity index (χ1) is 5.54. The quantitative estimate of drug-likeness (QED) is 0.729. The van der Waals surface area contributed by atoms with Gasteiger partial charge in [-0.2, -0.15) is 0 Å². The van der Waals surface area contributed by atoms with E-state index in [1.165, 1.54) is 0 Å². The molecule has 1 aromatic heterocycles. The first-order valence-electron chi connectivity index (χ1n) is 3.94. The van der Waals surface area contributed by atoms with Crippen LogP contribution in [0.5, 0.6) is 0 Å². The van der Waals surface area contributed by atoms with E-state index in [1.807, 2.05) is 6.92 Å². The SMILES string of the molecule is Cc1c(Cl)cnc(N)c1C(C)C. The lowest BCUT2D eigenvalue weighted by Gasteiger charge is -2.12. The van der Waals surface area contributed by atoms with E-state index < -0.39 is 0 Å². The molecule has 12 heavy (non-hydrogen) atoms. The van der Waals surface area contributed by atoms with Crippen molar-refractivity contribution in [2.24, 2.45) is 0 Å². The maximum atomic E-state index is 5.91. The van der Waals surface area contributed by atoms with Gasteiger partial charge in [-0.3, -0.25) is 0 Å². The third kappa shape index (κ3) is 1.53. The zero-order valence-corrected chi connectivity index (χ0v) is 8.31. The molecule has 0 unspecified atom stereocenters. The standard InChI is InChI=1S/C9H13ClN2/c1-5(2)8-6(3)7(10)4-12-9(8)11/h4-5H,1-3H3,(H2,11,12). The Balaban J connectivity index is 3.33. The van der Waals surface area contributed by atoms with Crippen LogP contribution in [0, 0.1) is 6.92 Å². The van der Waals surface area contributed by atoms with Gasteiger partial charge in [-0.05, 0) is 18.4 Å². The summed E-state index contributed by atoms with van der Waals surface area (Å²) in [4.78, 5) is 4.01. The first kappa shape index (κ1) is 9.33. The fraction of sp³-hybridized carbons (Fsp3) is 0.444. The number of hydrogen-bond donors (Lipinski definition) is 1. The third-order valence-electron chi connectivity index (χ3n) is 1.93. The minimum absolute atomic E-state index is 0.371. The van der Waals surface area contributed by atoms with Crippen molar-refractivity contribution in [3.05, 3.63) is 22.3 Å². The minimum atomic E-state index is 0.371. The summed E-state index contributed by atoms with van der Waals surface area (Å²) < 4.78 is 0. The minimum Gasteiger partial charge on any atom is -0.383 e. The van der Waals surface area contributed by atoms with Gasteiger partial charge in [-0.25, -0.2) is 4.98 Å². The Bertz CT molecular complexity index is 295.